The Hall–Kier alpha value is -0.513. The molecule has 0 radical (unpaired) electrons. The zero-order valence-corrected chi connectivity index (χ0v) is 6.22. The van der Waals surface area contributed by atoms with Crippen molar-refractivity contribution in [2.75, 3.05) is 0 Å². The average Bonchev–Trinajstić information content (AvgIpc) is 1.90. The minimum absolute atomic E-state index is 0. The van der Waals surface area contributed by atoms with Gasteiger partial charge in [0.2, 0.25) is 0 Å². The topological polar surface area (TPSA) is 17.1 Å². The van der Waals surface area contributed by atoms with Gasteiger partial charge < -0.3 is 4.79 Å². The minimum Gasteiger partial charge on any atom is -0.352 e. The Morgan fingerprint density at radius 3 is 2.50 bits per heavy atom. The van der Waals surface area contributed by atoms with E-state index in [1.165, 1.54) is 6.92 Å². The molecule has 0 spiro atoms. The number of carbonyl (C=O) groups is 1. The fourth-order valence-corrected chi connectivity index (χ4v) is 0.612. The second-order valence-corrected chi connectivity index (χ2v) is 1.83. The predicted molar refractivity (Wildman–Crippen MR) is 35.3 cm³/mol. The number of Topliss-reactive ketones (excluding diaryl/α,β-unsaturated/α-hetero) is 1. The van der Waals surface area contributed by atoms with Gasteiger partial charge in [0.1, 0.15) is 0 Å². The van der Waals surface area contributed by atoms with Crippen LogP contribution in [0.2, 0.25) is 0 Å². The van der Waals surface area contributed by atoms with Crippen LogP contribution in [0.25, 0.3) is 0 Å². The van der Waals surface area contributed by atoms with Crippen molar-refractivity contribution < 1.29 is 23.7 Å². The van der Waals surface area contributed by atoms with E-state index in [9.17, 15) is 4.79 Å². The Labute approximate surface area is 72.6 Å². The van der Waals surface area contributed by atoms with Gasteiger partial charge in [-0.2, -0.15) is 0 Å². The zero-order chi connectivity index (χ0) is 6.69. The molecule has 46 valence electrons. The Morgan fingerprint density at radius 2 is 2.20 bits per heavy atom. The van der Waals surface area contributed by atoms with Crippen molar-refractivity contribution >= 4 is 5.78 Å². The zero-order valence-electron chi connectivity index (χ0n) is 6.22. The first kappa shape index (κ1) is 9.49. The van der Waals surface area contributed by atoms with E-state index in [-0.39, 0.29) is 24.6 Å². The van der Waals surface area contributed by atoms with Crippen LogP contribution in [-0.4, -0.2) is 5.78 Å². The van der Waals surface area contributed by atoms with Crippen LogP contribution in [0.1, 0.15) is 17.3 Å². The summed E-state index contributed by atoms with van der Waals surface area (Å²) in [5, 5.41) is 0. The summed E-state index contributed by atoms with van der Waals surface area (Å²) in [7, 11) is 0. The summed E-state index contributed by atoms with van der Waals surface area (Å²) in [5.74, 6) is 0.0654. The van der Waals surface area contributed by atoms with Crippen molar-refractivity contribution in [3.63, 3.8) is 0 Å². The molecule has 1 nitrogen and oxygen atoms in total. The summed E-state index contributed by atoms with van der Waals surface area (Å²) in [4.78, 5) is 10.6. The van der Waals surface area contributed by atoms with E-state index in [2.05, 4.69) is 6.07 Å². The largest absolute Gasteiger partial charge is 1.00 e. The molecule has 1 rings (SSSR count). The van der Waals surface area contributed by atoms with Crippen molar-refractivity contribution in [1.82, 2.24) is 0 Å². The van der Waals surface area contributed by atoms with Gasteiger partial charge in [0.05, 0.1) is 5.78 Å². The molecule has 0 saturated carbocycles. The molecule has 0 N–H and O–H groups in total. The van der Waals surface area contributed by atoms with Crippen molar-refractivity contribution in [1.29, 1.82) is 0 Å². The van der Waals surface area contributed by atoms with E-state index >= 15 is 0 Å². The van der Waals surface area contributed by atoms with E-state index < -0.39 is 0 Å². The number of hydrogen-bond acceptors (Lipinski definition) is 1. The summed E-state index contributed by atoms with van der Waals surface area (Å²) in [6, 6.07) is 9.97. The van der Waals surface area contributed by atoms with Gasteiger partial charge in [-0.3, -0.25) is 0 Å². The molecule has 2 heteroatoms. The number of rotatable bonds is 1. The molecule has 0 atom stereocenters. The van der Waals surface area contributed by atoms with Crippen molar-refractivity contribution in [3.8, 4) is 0 Å². The summed E-state index contributed by atoms with van der Waals surface area (Å²) in [5.41, 5.74) is 0.650. The van der Waals surface area contributed by atoms with E-state index in [1.54, 1.807) is 12.1 Å². The Balaban J connectivity index is 0.000000810. The van der Waals surface area contributed by atoms with Gasteiger partial charge in [-0.05, 0) is 6.92 Å². The average molecular weight is 126 g/mol. The molecule has 0 aliphatic rings. The van der Waals surface area contributed by atoms with E-state index in [0.29, 0.717) is 5.56 Å². The van der Waals surface area contributed by atoms with Gasteiger partial charge in [-0.25, -0.2) is 0 Å². The molecule has 0 bridgehead atoms. The Kier molecular flexibility index (Phi) is 4.10. The molecule has 0 aliphatic carbocycles. The smallest absolute Gasteiger partial charge is 0.352 e. The second-order valence-electron chi connectivity index (χ2n) is 1.83. The minimum atomic E-state index is 0. The monoisotopic (exact) mass is 126 g/mol. The molecule has 10 heavy (non-hydrogen) atoms. The molecule has 0 unspecified atom stereocenters. The van der Waals surface area contributed by atoms with Gasteiger partial charge in [0.25, 0.3) is 0 Å². The maximum absolute atomic E-state index is 10.6. The summed E-state index contributed by atoms with van der Waals surface area (Å²) in [6.45, 7) is 1.53. The van der Waals surface area contributed by atoms with Gasteiger partial charge >= 0.3 is 18.9 Å². The third-order valence-electron chi connectivity index (χ3n) is 1.09. The first-order chi connectivity index (χ1) is 4.30. The summed E-state index contributed by atoms with van der Waals surface area (Å²) in [6.07, 6.45) is 0. The third kappa shape index (κ3) is 2.39. The van der Waals surface area contributed by atoms with Crippen molar-refractivity contribution in [3.05, 3.63) is 35.9 Å². The summed E-state index contributed by atoms with van der Waals surface area (Å²) < 4.78 is 0. The van der Waals surface area contributed by atoms with E-state index in [0.717, 1.165) is 0 Å². The molecular weight excluding hydrogens is 119 g/mol. The fourth-order valence-electron chi connectivity index (χ4n) is 0.612. The number of carbonyl (C=O) groups excluding carboxylic acids is 1. The van der Waals surface area contributed by atoms with Gasteiger partial charge in [0.15, 0.2) is 0 Å². The van der Waals surface area contributed by atoms with Crippen molar-refractivity contribution in [2.24, 2.45) is 0 Å². The molecule has 0 aliphatic heterocycles. The molecular formula is C8H7LiO. The Bertz CT molecular complexity index is 206. The van der Waals surface area contributed by atoms with Gasteiger partial charge in [-0.1, -0.05) is 0 Å². The number of benzene rings is 1. The van der Waals surface area contributed by atoms with Crippen LogP contribution in [0, 0.1) is 6.07 Å². The second kappa shape index (κ2) is 4.33. The van der Waals surface area contributed by atoms with Crippen LogP contribution >= 0.6 is 0 Å². The first-order valence-corrected chi connectivity index (χ1v) is 2.78. The fraction of sp³-hybridized carbons (Fsp3) is 0.125. The van der Waals surface area contributed by atoms with Crippen LogP contribution < -0.4 is 18.9 Å². The normalized spacial score (nSPS) is 8.10. The van der Waals surface area contributed by atoms with Crippen molar-refractivity contribution in [2.45, 2.75) is 6.92 Å². The van der Waals surface area contributed by atoms with Gasteiger partial charge in [0, 0.05) is 0 Å². The maximum Gasteiger partial charge on any atom is 1.00 e. The van der Waals surface area contributed by atoms with Gasteiger partial charge in [-0.15, -0.1) is 35.9 Å². The molecule has 1 aromatic carbocycles. The van der Waals surface area contributed by atoms with E-state index in [1.807, 2.05) is 12.1 Å². The van der Waals surface area contributed by atoms with Crippen LogP contribution in [0.15, 0.2) is 24.3 Å². The Morgan fingerprint density at radius 1 is 1.50 bits per heavy atom. The SMILES string of the molecule is CC(=O)c1[c-]cccc1.[Li+]. The maximum atomic E-state index is 10.6. The molecule has 0 amide bonds. The van der Waals surface area contributed by atoms with Crippen LogP contribution in [-0.2, 0) is 0 Å². The molecule has 0 heterocycles. The third-order valence-corrected chi connectivity index (χ3v) is 1.09. The molecule has 0 fully saturated rings. The first-order valence-electron chi connectivity index (χ1n) is 2.78. The summed E-state index contributed by atoms with van der Waals surface area (Å²) >= 11 is 0. The molecule has 0 aromatic heterocycles. The van der Waals surface area contributed by atoms with Crippen LogP contribution in [0.5, 0.6) is 0 Å². The van der Waals surface area contributed by atoms with E-state index in [4.69, 9.17) is 0 Å². The number of ketones is 1. The number of hydrogen-bond donors (Lipinski definition) is 0. The molecule has 1 aromatic rings. The van der Waals surface area contributed by atoms with Crippen LogP contribution in [0.3, 0.4) is 0 Å². The standard InChI is InChI=1S/C8H7O.Li/c1-7(9)8-5-3-2-4-6-8;/h2-5H,1H3;/q-1;+1. The van der Waals surface area contributed by atoms with Crippen LogP contribution in [0.4, 0.5) is 0 Å². The molecule has 0 saturated heterocycles. The predicted octanol–water partition coefficient (Wildman–Crippen LogP) is -1.31. The quantitative estimate of drug-likeness (QED) is 0.259.